The van der Waals surface area contributed by atoms with Crippen LogP contribution in [-0.2, 0) is 6.54 Å². The Bertz CT molecular complexity index is 481. The molecule has 1 saturated heterocycles. The van der Waals surface area contributed by atoms with E-state index in [0.717, 1.165) is 37.2 Å². The SMILES string of the molecule is CC1CN(Cc2ccc(C(N)=S)cc2Cl)CCC1O. The number of piperidine rings is 1. The first kappa shape index (κ1) is 14.7. The summed E-state index contributed by atoms with van der Waals surface area (Å²) in [5.74, 6) is 0.309. The molecule has 3 N–H and O–H groups in total. The largest absolute Gasteiger partial charge is 0.393 e. The van der Waals surface area contributed by atoms with Crippen LogP contribution in [0, 0.1) is 5.92 Å². The summed E-state index contributed by atoms with van der Waals surface area (Å²) in [6.45, 7) is 4.68. The van der Waals surface area contributed by atoms with Crippen molar-refractivity contribution in [2.24, 2.45) is 11.7 Å². The van der Waals surface area contributed by atoms with Crippen LogP contribution in [0.1, 0.15) is 24.5 Å². The van der Waals surface area contributed by atoms with Crippen LogP contribution >= 0.6 is 23.8 Å². The van der Waals surface area contributed by atoms with E-state index < -0.39 is 0 Å². The summed E-state index contributed by atoms with van der Waals surface area (Å²) in [5.41, 5.74) is 7.46. The minimum Gasteiger partial charge on any atom is -0.393 e. The number of aliphatic hydroxyl groups is 1. The van der Waals surface area contributed by atoms with Crippen molar-refractivity contribution < 1.29 is 5.11 Å². The summed E-state index contributed by atoms with van der Waals surface area (Å²) in [7, 11) is 0. The molecule has 2 rings (SSSR count). The highest BCUT2D eigenvalue weighted by molar-refractivity contribution is 7.80. The van der Waals surface area contributed by atoms with E-state index in [0.29, 0.717) is 15.9 Å². The van der Waals surface area contributed by atoms with Crippen LogP contribution in [0.4, 0.5) is 0 Å². The average molecular weight is 299 g/mol. The van der Waals surface area contributed by atoms with Gasteiger partial charge in [0.1, 0.15) is 4.99 Å². The van der Waals surface area contributed by atoms with Gasteiger partial charge in [0.2, 0.25) is 0 Å². The Balaban J connectivity index is 2.05. The third kappa shape index (κ3) is 3.66. The highest BCUT2D eigenvalue weighted by Crippen LogP contribution is 2.23. The van der Waals surface area contributed by atoms with Gasteiger partial charge in [-0.1, -0.05) is 42.9 Å². The first-order valence-electron chi connectivity index (χ1n) is 6.46. The highest BCUT2D eigenvalue weighted by atomic mass is 35.5. The molecule has 104 valence electrons. The van der Waals surface area contributed by atoms with Crippen molar-refractivity contribution in [1.29, 1.82) is 0 Å². The second-order valence-electron chi connectivity index (χ2n) is 5.24. The van der Waals surface area contributed by atoms with Crippen LogP contribution in [0.15, 0.2) is 18.2 Å². The van der Waals surface area contributed by atoms with Gasteiger partial charge in [-0.3, -0.25) is 4.90 Å². The van der Waals surface area contributed by atoms with Crippen LogP contribution < -0.4 is 5.73 Å². The van der Waals surface area contributed by atoms with Gasteiger partial charge in [0.15, 0.2) is 0 Å². The van der Waals surface area contributed by atoms with E-state index >= 15 is 0 Å². The molecule has 3 nitrogen and oxygen atoms in total. The maximum atomic E-state index is 9.73. The summed E-state index contributed by atoms with van der Waals surface area (Å²) in [5, 5.41) is 10.4. The van der Waals surface area contributed by atoms with E-state index in [1.807, 2.05) is 18.2 Å². The van der Waals surface area contributed by atoms with Crippen LogP contribution in [0.25, 0.3) is 0 Å². The zero-order valence-corrected chi connectivity index (χ0v) is 12.5. The van der Waals surface area contributed by atoms with Gasteiger partial charge < -0.3 is 10.8 Å². The second kappa shape index (κ2) is 6.18. The molecule has 2 unspecified atom stereocenters. The smallest absolute Gasteiger partial charge is 0.104 e. The molecule has 0 amide bonds. The van der Waals surface area contributed by atoms with Crippen LogP contribution in [0.5, 0.6) is 0 Å². The quantitative estimate of drug-likeness (QED) is 0.840. The lowest BCUT2D eigenvalue weighted by molar-refractivity contribution is 0.0320. The molecular weight excluding hydrogens is 280 g/mol. The summed E-state index contributed by atoms with van der Waals surface area (Å²) in [6.07, 6.45) is 0.646. The topological polar surface area (TPSA) is 49.5 Å². The fourth-order valence-corrected chi connectivity index (χ4v) is 2.80. The van der Waals surface area contributed by atoms with Crippen LogP contribution in [-0.4, -0.2) is 34.2 Å². The van der Waals surface area contributed by atoms with Crippen LogP contribution in [0.2, 0.25) is 5.02 Å². The minimum absolute atomic E-state index is 0.177. The van der Waals surface area contributed by atoms with E-state index in [9.17, 15) is 5.11 Å². The van der Waals surface area contributed by atoms with E-state index in [1.54, 1.807) is 0 Å². The molecule has 1 fully saturated rings. The standard InChI is InChI=1S/C14H19ClN2OS/c1-9-7-17(5-4-13(9)18)8-11-3-2-10(14(16)19)6-12(11)15/h2-3,6,9,13,18H,4-5,7-8H2,1H3,(H2,16,19). The average Bonchev–Trinajstić information content (AvgIpc) is 2.36. The minimum atomic E-state index is -0.177. The third-order valence-corrected chi connectivity index (χ3v) is 4.26. The van der Waals surface area contributed by atoms with Crippen LogP contribution in [0.3, 0.4) is 0 Å². The number of thiocarbonyl (C=S) groups is 1. The molecule has 1 heterocycles. The van der Waals surface area contributed by atoms with Crippen molar-refractivity contribution in [3.63, 3.8) is 0 Å². The predicted octanol–water partition coefficient (Wildman–Crippen LogP) is 2.18. The molecule has 0 bridgehead atoms. The van der Waals surface area contributed by atoms with E-state index in [-0.39, 0.29) is 6.10 Å². The first-order chi connectivity index (χ1) is 8.97. The number of rotatable bonds is 3. The number of halogens is 1. The lowest BCUT2D eigenvalue weighted by atomic mass is 9.96. The molecule has 0 spiro atoms. The highest BCUT2D eigenvalue weighted by Gasteiger charge is 2.24. The molecular formula is C14H19ClN2OS. The van der Waals surface area contributed by atoms with Gasteiger partial charge >= 0.3 is 0 Å². The Morgan fingerprint density at radius 1 is 1.58 bits per heavy atom. The Labute approximate surface area is 124 Å². The molecule has 0 aliphatic carbocycles. The molecule has 1 aliphatic rings. The number of nitrogens with zero attached hydrogens (tertiary/aromatic N) is 1. The molecule has 1 aromatic rings. The summed E-state index contributed by atoms with van der Waals surface area (Å²) in [4.78, 5) is 2.68. The Morgan fingerprint density at radius 2 is 2.32 bits per heavy atom. The van der Waals surface area contributed by atoms with Crippen molar-refractivity contribution >= 4 is 28.8 Å². The van der Waals surface area contributed by atoms with Gasteiger partial charge in [0.05, 0.1) is 6.10 Å². The van der Waals surface area contributed by atoms with Gasteiger partial charge in [-0.2, -0.15) is 0 Å². The van der Waals surface area contributed by atoms with Gasteiger partial charge in [0.25, 0.3) is 0 Å². The van der Waals surface area contributed by atoms with Gasteiger partial charge in [0, 0.05) is 30.2 Å². The summed E-state index contributed by atoms with van der Waals surface area (Å²) < 4.78 is 0. The van der Waals surface area contributed by atoms with E-state index in [4.69, 9.17) is 29.6 Å². The summed E-state index contributed by atoms with van der Waals surface area (Å²) >= 11 is 11.2. The fourth-order valence-electron chi connectivity index (χ4n) is 2.43. The number of benzene rings is 1. The first-order valence-corrected chi connectivity index (χ1v) is 7.24. The monoisotopic (exact) mass is 298 g/mol. The predicted molar refractivity (Wildman–Crippen MR) is 82.4 cm³/mol. The van der Waals surface area contributed by atoms with Crippen molar-refractivity contribution in [2.75, 3.05) is 13.1 Å². The van der Waals surface area contributed by atoms with Crippen molar-refractivity contribution in [3.05, 3.63) is 34.3 Å². The molecule has 19 heavy (non-hydrogen) atoms. The molecule has 1 aromatic carbocycles. The maximum absolute atomic E-state index is 9.73. The third-order valence-electron chi connectivity index (χ3n) is 3.68. The number of likely N-dealkylation sites (tertiary alicyclic amines) is 1. The van der Waals surface area contributed by atoms with E-state index in [2.05, 4.69) is 11.8 Å². The Morgan fingerprint density at radius 3 is 2.89 bits per heavy atom. The van der Waals surface area contributed by atoms with Crippen molar-refractivity contribution in [3.8, 4) is 0 Å². The maximum Gasteiger partial charge on any atom is 0.104 e. The molecule has 0 aromatic heterocycles. The lowest BCUT2D eigenvalue weighted by Gasteiger charge is -2.34. The van der Waals surface area contributed by atoms with Crippen molar-refractivity contribution in [2.45, 2.75) is 26.0 Å². The van der Waals surface area contributed by atoms with Gasteiger partial charge in [-0.25, -0.2) is 0 Å². The zero-order chi connectivity index (χ0) is 14.0. The normalized spacial score (nSPS) is 24.4. The zero-order valence-electron chi connectivity index (χ0n) is 11.0. The molecule has 0 radical (unpaired) electrons. The van der Waals surface area contributed by atoms with Gasteiger partial charge in [-0.15, -0.1) is 0 Å². The fraction of sp³-hybridized carbons (Fsp3) is 0.500. The van der Waals surface area contributed by atoms with Crippen molar-refractivity contribution in [1.82, 2.24) is 4.90 Å². The lowest BCUT2D eigenvalue weighted by Crippen LogP contribution is -2.41. The number of nitrogens with two attached hydrogens (primary N) is 1. The molecule has 0 saturated carbocycles. The Hall–Kier alpha value is -0.680. The number of hydrogen-bond donors (Lipinski definition) is 2. The summed E-state index contributed by atoms with van der Waals surface area (Å²) in [6, 6.07) is 5.71. The van der Waals surface area contributed by atoms with Gasteiger partial charge in [-0.05, 0) is 24.0 Å². The molecule has 5 heteroatoms. The second-order valence-corrected chi connectivity index (χ2v) is 6.09. The molecule has 2 atom stereocenters. The number of aliphatic hydroxyl groups excluding tert-OH is 1. The Kier molecular flexibility index (Phi) is 4.79. The molecule has 1 aliphatic heterocycles. The number of hydrogen-bond acceptors (Lipinski definition) is 3. The van der Waals surface area contributed by atoms with E-state index in [1.165, 1.54) is 0 Å².